The third-order valence-corrected chi connectivity index (χ3v) is 3.37. The molecule has 1 aliphatic heterocycles. The molecule has 0 bridgehead atoms. The highest BCUT2D eigenvalue weighted by Gasteiger charge is 2.33. The summed E-state index contributed by atoms with van der Waals surface area (Å²) < 4.78 is 5.50. The van der Waals surface area contributed by atoms with Gasteiger partial charge < -0.3 is 21.0 Å². The number of oxime groups is 1. The van der Waals surface area contributed by atoms with Gasteiger partial charge in [0, 0.05) is 19.1 Å². The van der Waals surface area contributed by atoms with Crippen LogP contribution in [0.25, 0.3) is 0 Å². The van der Waals surface area contributed by atoms with E-state index in [0.717, 1.165) is 19.3 Å². The van der Waals surface area contributed by atoms with Gasteiger partial charge >= 0.3 is 0 Å². The lowest BCUT2D eigenvalue weighted by Crippen LogP contribution is -2.42. The van der Waals surface area contributed by atoms with Crippen molar-refractivity contribution in [3.63, 3.8) is 0 Å². The van der Waals surface area contributed by atoms with Gasteiger partial charge in [-0.15, -0.1) is 0 Å². The monoisotopic (exact) mass is 257 g/mol. The average Bonchev–Trinajstić information content (AvgIpc) is 2.85. The van der Waals surface area contributed by atoms with E-state index >= 15 is 0 Å². The Morgan fingerprint density at radius 1 is 1.61 bits per heavy atom. The minimum atomic E-state index is -0.0912. The molecule has 3 atom stereocenters. The Bertz CT molecular complexity index is 307. The highest BCUT2D eigenvalue weighted by molar-refractivity contribution is 5.83. The molecule has 0 aromatic carbocycles. The van der Waals surface area contributed by atoms with Gasteiger partial charge in [0.25, 0.3) is 0 Å². The fraction of sp³-hybridized carbons (Fsp3) is 0.833. The van der Waals surface area contributed by atoms with E-state index < -0.39 is 0 Å². The Kier molecular flexibility index (Phi) is 5.91. The first kappa shape index (κ1) is 14.8. The van der Waals surface area contributed by atoms with Crippen LogP contribution >= 0.6 is 0 Å². The summed E-state index contributed by atoms with van der Waals surface area (Å²) in [5, 5.41) is 14.4. The van der Waals surface area contributed by atoms with Crippen molar-refractivity contribution in [2.24, 2.45) is 16.8 Å². The summed E-state index contributed by atoms with van der Waals surface area (Å²) in [7, 11) is 0. The lowest BCUT2D eigenvalue weighted by atomic mass is 9.97. The molecule has 0 saturated carbocycles. The van der Waals surface area contributed by atoms with E-state index in [1.54, 1.807) is 0 Å². The summed E-state index contributed by atoms with van der Waals surface area (Å²) in [6.07, 6.45) is 2.74. The first-order chi connectivity index (χ1) is 8.62. The van der Waals surface area contributed by atoms with Crippen LogP contribution in [0.1, 0.15) is 39.5 Å². The summed E-state index contributed by atoms with van der Waals surface area (Å²) in [6, 6.07) is -0.0912. The second-order valence-corrected chi connectivity index (χ2v) is 4.62. The Balaban J connectivity index is 2.51. The summed E-state index contributed by atoms with van der Waals surface area (Å²) >= 11 is 0. The van der Waals surface area contributed by atoms with Gasteiger partial charge in [0.2, 0.25) is 5.91 Å². The van der Waals surface area contributed by atoms with Gasteiger partial charge in [-0.05, 0) is 19.3 Å². The molecule has 0 radical (unpaired) electrons. The van der Waals surface area contributed by atoms with Gasteiger partial charge in [-0.2, -0.15) is 0 Å². The molecule has 1 heterocycles. The van der Waals surface area contributed by atoms with Crippen LogP contribution in [0, 0.1) is 5.92 Å². The summed E-state index contributed by atoms with van der Waals surface area (Å²) in [4.78, 5) is 12.1. The molecule has 1 saturated heterocycles. The molecular formula is C12H23N3O3. The lowest BCUT2D eigenvalue weighted by Gasteiger charge is -2.21. The SMILES string of the molecule is CCC(CC(N)=NO)NC(=O)C1CCOC1CC. The molecule has 0 aliphatic carbocycles. The van der Waals surface area contributed by atoms with Crippen LogP contribution in [0.2, 0.25) is 0 Å². The number of carbonyl (C=O) groups excluding carboxylic acids is 1. The van der Waals surface area contributed by atoms with Gasteiger partial charge in [-0.1, -0.05) is 19.0 Å². The van der Waals surface area contributed by atoms with Crippen LogP contribution in [0.15, 0.2) is 5.16 Å². The molecular weight excluding hydrogens is 234 g/mol. The molecule has 3 unspecified atom stereocenters. The minimum absolute atomic E-state index is 0.0111. The summed E-state index contributed by atoms with van der Waals surface area (Å²) in [5.74, 6) is 0.0742. The van der Waals surface area contributed by atoms with E-state index in [-0.39, 0.29) is 29.8 Å². The number of hydrogen-bond acceptors (Lipinski definition) is 4. The molecule has 1 fully saturated rings. The van der Waals surface area contributed by atoms with E-state index in [0.29, 0.717) is 13.0 Å². The number of ether oxygens (including phenoxy) is 1. The highest BCUT2D eigenvalue weighted by Crippen LogP contribution is 2.23. The average molecular weight is 257 g/mol. The number of rotatable bonds is 6. The van der Waals surface area contributed by atoms with Crippen molar-refractivity contribution >= 4 is 11.7 Å². The zero-order valence-corrected chi connectivity index (χ0v) is 11.1. The molecule has 0 spiro atoms. The number of nitrogens with two attached hydrogens (primary N) is 1. The molecule has 18 heavy (non-hydrogen) atoms. The fourth-order valence-corrected chi connectivity index (χ4v) is 2.25. The normalized spacial score (nSPS) is 26.0. The summed E-state index contributed by atoms with van der Waals surface area (Å²) in [6.45, 7) is 4.62. The van der Waals surface area contributed by atoms with Crippen molar-refractivity contribution in [2.75, 3.05) is 6.61 Å². The maximum absolute atomic E-state index is 12.1. The van der Waals surface area contributed by atoms with Crippen molar-refractivity contribution in [1.82, 2.24) is 5.32 Å². The molecule has 6 heteroatoms. The van der Waals surface area contributed by atoms with Crippen molar-refractivity contribution in [1.29, 1.82) is 0 Å². The molecule has 4 N–H and O–H groups in total. The van der Waals surface area contributed by atoms with Crippen LogP contribution in [0.5, 0.6) is 0 Å². The molecule has 1 amide bonds. The molecule has 0 aromatic rings. The second kappa shape index (κ2) is 7.20. The number of nitrogens with one attached hydrogen (secondary N) is 1. The number of carbonyl (C=O) groups is 1. The molecule has 104 valence electrons. The number of nitrogens with zero attached hydrogens (tertiary/aromatic N) is 1. The first-order valence-corrected chi connectivity index (χ1v) is 6.50. The van der Waals surface area contributed by atoms with Gasteiger partial charge in [-0.25, -0.2) is 0 Å². The third kappa shape index (κ3) is 3.87. The third-order valence-electron chi connectivity index (χ3n) is 3.37. The number of hydrogen-bond donors (Lipinski definition) is 3. The van der Waals surface area contributed by atoms with Gasteiger partial charge in [0.1, 0.15) is 5.84 Å². The van der Waals surface area contributed by atoms with E-state index in [2.05, 4.69) is 10.5 Å². The van der Waals surface area contributed by atoms with Crippen LogP contribution in [0.4, 0.5) is 0 Å². The van der Waals surface area contributed by atoms with Crippen LogP contribution in [-0.2, 0) is 9.53 Å². The largest absolute Gasteiger partial charge is 0.409 e. The second-order valence-electron chi connectivity index (χ2n) is 4.62. The van der Waals surface area contributed by atoms with Crippen molar-refractivity contribution < 1.29 is 14.7 Å². The lowest BCUT2D eigenvalue weighted by molar-refractivity contribution is -0.127. The Morgan fingerprint density at radius 2 is 2.33 bits per heavy atom. The molecule has 1 rings (SSSR count). The van der Waals surface area contributed by atoms with E-state index in [9.17, 15) is 4.79 Å². The molecule has 1 aliphatic rings. The molecule has 0 aromatic heterocycles. The standard InChI is InChI=1S/C12H23N3O3/c1-3-8(7-11(13)15-17)14-12(16)9-5-6-18-10(9)4-2/h8-10,17H,3-7H2,1-2H3,(H2,13,15)(H,14,16). The van der Waals surface area contributed by atoms with E-state index in [4.69, 9.17) is 15.7 Å². The minimum Gasteiger partial charge on any atom is -0.409 e. The quantitative estimate of drug-likeness (QED) is 0.284. The van der Waals surface area contributed by atoms with Crippen LogP contribution in [0.3, 0.4) is 0 Å². The van der Waals surface area contributed by atoms with E-state index in [1.807, 2.05) is 13.8 Å². The van der Waals surface area contributed by atoms with Crippen LogP contribution in [-0.4, -0.2) is 35.7 Å². The maximum atomic E-state index is 12.1. The van der Waals surface area contributed by atoms with Gasteiger partial charge in [0.15, 0.2) is 0 Å². The predicted octanol–water partition coefficient (Wildman–Crippen LogP) is 0.833. The summed E-state index contributed by atoms with van der Waals surface area (Å²) in [5.41, 5.74) is 5.46. The van der Waals surface area contributed by atoms with E-state index in [1.165, 1.54) is 0 Å². The number of amidine groups is 1. The topological polar surface area (TPSA) is 96.9 Å². The smallest absolute Gasteiger partial charge is 0.226 e. The van der Waals surface area contributed by atoms with Crippen molar-refractivity contribution in [2.45, 2.75) is 51.7 Å². The fourth-order valence-electron chi connectivity index (χ4n) is 2.25. The van der Waals surface area contributed by atoms with Crippen molar-refractivity contribution in [3.8, 4) is 0 Å². The first-order valence-electron chi connectivity index (χ1n) is 6.50. The maximum Gasteiger partial charge on any atom is 0.226 e. The molecule has 6 nitrogen and oxygen atoms in total. The number of amides is 1. The zero-order chi connectivity index (χ0) is 13.5. The van der Waals surface area contributed by atoms with Gasteiger partial charge in [-0.3, -0.25) is 4.79 Å². The van der Waals surface area contributed by atoms with Gasteiger partial charge in [0.05, 0.1) is 12.0 Å². The Morgan fingerprint density at radius 3 is 2.89 bits per heavy atom. The van der Waals surface area contributed by atoms with Crippen LogP contribution < -0.4 is 11.1 Å². The van der Waals surface area contributed by atoms with Crippen molar-refractivity contribution in [3.05, 3.63) is 0 Å². The Hall–Kier alpha value is -1.30. The zero-order valence-electron chi connectivity index (χ0n) is 11.1. The highest BCUT2D eigenvalue weighted by atomic mass is 16.5. The Labute approximate surface area is 108 Å². The predicted molar refractivity (Wildman–Crippen MR) is 68.4 cm³/mol.